The number of carbonyl (C=O) groups is 2. The van der Waals surface area contributed by atoms with Crippen LogP contribution in [0.25, 0.3) is 0 Å². The van der Waals surface area contributed by atoms with Crippen molar-refractivity contribution in [2.75, 3.05) is 0 Å². The Hall–Kier alpha value is -2.24. The molecule has 0 aromatic heterocycles. The van der Waals surface area contributed by atoms with Gasteiger partial charge in [0.25, 0.3) is 0 Å². The van der Waals surface area contributed by atoms with E-state index >= 15 is 0 Å². The molecule has 0 aliphatic heterocycles. The summed E-state index contributed by atoms with van der Waals surface area (Å²) in [6.07, 6.45) is 3.90. The van der Waals surface area contributed by atoms with Gasteiger partial charge in [-0.2, -0.15) is 10.2 Å². The van der Waals surface area contributed by atoms with E-state index < -0.39 is 0 Å². The second-order valence-electron chi connectivity index (χ2n) is 8.09. The fourth-order valence-electron chi connectivity index (χ4n) is 3.08. The summed E-state index contributed by atoms with van der Waals surface area (Å²) in [6.45, 7) is 7.66. The predicted octanol–water partition coefficient (Wildman–Crippen LogP) is 3.45. The van der Waals surface area contributed by atoms with Gasteiger partial charge >= 0.3 is 0 Å². The standard InChI is InChI=1S/C18H24N2O4/c1-17(2)5-13(21)11(14(22)6-17)9-19-20-10-12-15(23)7-18(3,4)8-16(12)24/h9-10,21,23H,5-8H2,1-4H3/b19-9+,20-10+. The Labute approximate surface area is 141 Å². The van der Waals surface area contributed by atoms with Crippen LogP contribution in [0, 0.1) is 10.8 Å². The van der Waals surface area contributed by atoms with Gasteiger partial charge in [-0.05, 0) is 10.8 Å². The van der Waals surface area contributed by atoms with Crippen LogP contribution in [-0.4, -0.2) is 34.2 Å². The van der Waals surface area contributed by atoms with Crippen LogP contribution in [0.4, 0.5) is 0 Å². The van der Waals surface area contributed by atoms with Crippen molar-refractivity contribution in [3.05, 3.63) is 22.7 Å². The van der Waals surface area contributed by atoms with Crippen molar-refractivity contribution in [1.82, 2.24) is 0 Å². The molecule has 0 atom stereocenters. The molecule has 6 nitrogen and oxygen atoms in total. The fraction of sp³-hybridized carbons (Fsp3) is 0.556. The van der Waals surface area contributed by atoms with Crippen LogP contribution < -0.4 is 0 Å². The van der Waals surface area contributed by atoms with E-state index in [4.69, 9.17) is 0 Å². The molecule has 130 valence electrons. The molecule has 0 fully saturated rings. The highest BCUT2D eigenvalue weighted by Crippen LogP contribution is 2.36. The van der Waals surface area contributed by atoms with Crippen LogP contribution in [0.5, 0.6) is 0 Å². The van der Waals surface area contributed by atoms with Crippen molar-refractivity contribution in [1.29, 1.82) is 0 Å². The van der Waals surface area contributed by atoms with Crippen LogP contribution in [0.2, 0.25) is 0 Å². The Morgan fingerprint density at radius 2 is 1.08 bits per heavy atom. The van der Waals surface area contributed by atoms with Crippen molar-refractivity contribution in [2.24, 2.45) is 21.0 Å². The number of rotatable bonds is 3. The Morgan fingerprint density at radius 3 is 1.38 bits per heavy atom. The summed E-state index contributed by atoms with van der Waals surface area (Å²) in [5.41, 5.74) is -0.221. The van der Waals surface area contributed by atoms with Crippen molar-refractivity contribution in [2.45, 2.75) is 53.4 Å². The number of ketones is 2. The van der Waals surface area contributed by atoms with E-state index in [1.807, 2.05) is 27.7 Å². The molecule has 0 aromatic rings. The third-order valence-corrected chi connectivity index (χ3v) is 4.23. The third kappa shape index (κ3) is 4.19. The molecule has 0 spiro atoms. The second kappa shape index (κ2) is 6.34. The van der Waals surface area contributed by atoms with E-state index in [2.05, 4.69) is 10.2 Å². The topological polar surface area (TPSA) is 99.3 Å². The molecule has 2 aliphatic carbocycles. The molecule has 0 unspecified atom stereocenters. The van der Waals surface area contributed by atoms with E-state index in [1.54, 1.807) is 0 Å². The van der Waals surface area contributed by atoms with Gasteiger partial charge in [-0.25, -0.2) is 0 Å². The van der Waals surface area contributed by atoms with Crippen LogP contribution in [0.15, 0.2) is 32.9 Å². The van der Waals surface area contributed by atoms with Gasteiger partial charge in [-0.3, -0.25) is 9.59 Å². The number of aliphatic hydroxyl groups excluding tert-OH is 2. The highest BCUT2D eigenvalue weighted by atomic mass is 16.3. The molecule has 2 rings (SSSR count). The molecule has 0 heterocycles. The lowest BCUT2D eigenvalue weighted by molar-refractivity contribution is -0.118. The summed E-state index contributed by atoms with van der Waals surface area (Å²) in [4.78, 5) is 24.1. The number of nitrogens with zero attached hydrogens (tertiary/aromatic N) is 2. The largest absolute Gasteiger partial charge is 0.511 e. The highest BCUT2D eigenvalue weighted by molar-refractivity contribution is 6.15. The lowest BCUT2D eigenvalue weighted by atomic mass is 9.77. The van der Waals surface area contributed by atoms with Crippen LogP contribution in [0.1, 0.15) is 53.4 Å². The summed E-state index contributed by atoms with van der Waals surface area (Å²) in [5, 5.41) is 27.5. The highest BCUT2D eigenvalue weighted by Gasteiger charge is 2.33. The number of allylic oxidation sites excluding steroid dienone is 4. The van der Waals surface area contributed by atoms with Gasteiger partial charge in [-0.15, -0.1) is 0 Å². The molecule has 0 bridgehead atoms. The molecule has 0 aromatic carbocycles. The number of aliphatic hydroxyl groups is 2. The van der Waals surface area contributed by atoms with E-state index in [-0.39, 0.29) is 45.1 Å². The van der Waals surface area contributed by atoms with Gasteiger partial charge in [-0.1, -0.05) is 27.7 Å². The smallest absolute Gasteiger partial charge is 0.168 e. The SMILES string of the molecule is CC1(C)CC(=O)C(/C=N/N=C/C2=C(O)CC(C)(C)CC2=O)=C(O)C1. The first-order chi connectivity index (χ1) is 11.0. The van der Waals surface area contributed by atoms with Crippen LogP contribution in [-0.2, 0) is 9.59 Å². The lowest BCUT2D eigenvalue weighted by Crippen LogP contribution is -2.26. The predicted molar refractivity (Wildman–Crippen MR) is 92.3 cm³/mol. The van der Waals surface area contributed by atoms with Gasteiger partial charge < -0.3 is 10.2 Å². The van der Waals surface area contributed by atoms with E-state index in [9.17, 15) is 19.8 Å². The quantitative estimate of drug-likeness (QED) is 0.610. The summed E-state index contributed by atoms with van der Waals surface area (Å²) in [5.74, 6) is -0.346. The maximum absolute atomic E-state index is 12.0. The van der Waals surface area contributed by atoms with Gasteiger partial charge in [0, 0.05) is 25.7 Å². The molecule has 24 heavy (non-hydrogen) atoms. The first kappa shape index (κ1) is 18.1. The zero-order chi connectivity index (χ0) is 18.1. The molecule has 0 amide bonds. The summed E-state index contributed by atoms with van der Waals surface area (Å²) in [7, 11) is 0. The van der Waals surface area contributed by atoms with Crippen LogP contribution in [0.3, 0.4) is 0 Å². The van der Waals surface area contributed by atoms with Crippen molar-refractivity contribution in [3.63, 3.8) is 0 Å². The average molecular weight is 332 g/mol. The Morgan fingerprint density at radius 1 is 0.750 bits per heavy atom. The first-order valence-electron chi connectivity index (χ1n) is 7.98. The summed E-state index contributed by atoms with van der Waals surface area (Å²) >= 11 is 0. The molecule has 2 N–H and O–H groups in total. The van der Waals surface area contributed by atoms with Gasteiger partial charge in [0.05, 0.1) is 23.6 Å². The maximum atomic E-state index is 12.0. The number of hydrogen-bond acceptors (Lipinski definition) is 6. The van der Waals surface area contributed by atoms with Crippen molar-refractivity contribution < 1.29 is 19.8 Å². The lowest BCUT2D eigenvalue weighted by Gasteiger charge is -2.28. The van der Waals surface area contributed by atoms with Gasteiger partial charge in [0.15, 0.2) is 11.6 Å². The van der Waals surface area contributed by atoms with Crippen molar-refractivity contribution in [3.8, 4) is 0 Å². The molecule has 0 radical (unpaired) electrons. The second-order valence-corrected chi connectivity index (χ2v) is 8.09. The minimum Gasteiger partial charge on any atom is -0.511 e. The normalized spacial score (nSPS) is 24.5. The van der Waals surface area contributed by atoms with E-state index in [0.29, 0.717) is 25.7 Å². The zero-order valence-corrected chi connectivity index (χ0v) is 14.6. The van der Waals surface area contributed by atoms with Gasteiger partial charge in [0.1, 0.15) is 11.5 Å². The van der Waals surface area contributed by atoms with E-state index in [1.165, 1.54) is 12.4 Å². The monoisotopic (exact) mass is 332 g/mol. The summed E-state index contributed by atoms with van der Waals surface area (Å²) in [6, 6.07) is 0. The molecular formula is C18H24N2O4. The fourth-order valence-corrected chi connectivity index (χ4v) is 3.08. The van der Waals surface area contributed by atoms with Gasteiger partial charge in [0.2, 0.25) is 0 Å². The third-order valence-electron chi connectivity index (χ3n) is 4.23. The molecular weight excluding hydrogens is 308 g/mol. The molecule has 0 saturated heterocycles. The minimum atomic E-state index is -0.264. The Balaban J connectivity index is 2.13. The van der Waals surface area contributed by atoms with Crippen molar-refractivity contribution >= 4 is 24.0 Å². The zero-order valence-electron chi connectivity index (χ0n) is 14.6. The minimum absolute atomic E-state index is 0.00718. The Kier molecular flexibility index (Phi) is 4.78. The molecule has 6 heteroatoms. The maximum Gasteiger partial charge on any atom is 0.168 e. The summed E-state index contributed by atoms with van der Waals surface area (Å²) < 4.78 is 0. The average Bonchev–Trinajstić information content (AvgIpc) is 2.36. The molecule has 2 aliphatic rings. The van der Waals surface area contributed by atoms with Crippen LogP contribution >= 0.6 is 0 Å². The van der Waals surface area contributed by atoms with E-state index in [0.717, 1.165) is 0 Å². The number of Topliss-reactive ketones (excluding diaryl/α,β-unsaturated/α-hetero) is 2. The molecule has 0 saturated carbocycles. The first-order valence-corrected chi connectivity index (χ1v) is 7.98. The number of hydrogen-bond donors (Lipinski definition) is 2. The number of carbonyl (C=O) groups excluding carboxylic acids is 2. The Bertz CT molecular complexity index is 634.